The lowest BCUT2D eigenvalue weighted by molar-refractivity contribution is 0.143. The molecule has 1 aliphatic heterocycles. The summed E-state index contributed by atoms with van der Waals surface area (Å²) in [4.78, 5) is 2.68. The maximum atomic E-state index is 3.53. The second kappa shape index (κ2) is 6.02. The van der Waals surface area contributed by atoms with Crippen LogP contribution in [0.3, 0.4) is 0 Å². The van der Waals surface area contributed by atoms with Crippen LogP contribution in [0.1, 0.15) is 46.0 Å². The summed E-state index contributed by atoms with van der Waals surface area (Å²) in [6.07, 6.45) is 7.34. The summed E-state index contributed by atoms with van der Waals surface area (Å²) >= 11 is 0. The van der Waals surface area contributed by atoms with Crippen molar-refractivity contribution in [1.29, 1.82) is 0 Å². The largest absolute Gasteiger partial charge is 0.312 e. The van der Waals surface area contributed by atoms with E-state index in [0.717, 1.165) is 11.8 Å². The fraction of sp³-hybridized carbons (Fsp3) is 1.00. The first kappa shape index (κ1) is 12.4. The molecule has 0 aromatic rings. The Bertz CT molecular complexity index is 205. The van der Waals surface area contributed by atoms with Gasteiger partial charge < -0.3 is 10.2 Å². The van der Waals surface area contributed by atoms with Crippen LogP contribution in [0.5, 0.6) is 0 Å². The van der Waals surface area contributed by atoms with Gasteiger partial charge in [0.25, 0.3) is 0 Å². The average molecular weight is 224 g/mol. The smallest absolute Gasteiger partial charge is 0.0167 e. The van der Waals surface area contributed by atoms with Gasteiger partial charge in [-0.05, 0) is 31.6 Å². The molecule has 2 aliphatic rings. The third kappa shape index (κ3) is 3.46. The Morgan fingerprint density at radius 2 is 2.06 bits per heavy atom. The van der Waals surface area contributed by atoms with Crippen LogP contribution < -0.4 is 5.32 Å². The Hall–Kier alpha value is -0.0800. The van der Waals surface area contributed by atoms with Gasteiger partial charge in [-0.2, -0.15) is 0 Å². The second-order valence-corrected chi connectivity index (χ2v) is 5.92. The van der Waals surface area contributed by atoms with Crippen molar-refractivity contribution in [1.82, 2.24) is 10.2 Å². The minimum absolute atomic E-state index is 0.694. The van der Waals surface area contributed by atoms with Crippen molar-refractivity contribution >= 4 is 0 Å². The molecule has 1 heterocycles. The summed E-state index contributed by atoms with van der Waals surface area (Å²) < 4.78 is 0. The molecule has 0 amide bonds. The average Bonchev–Trinajstić information content (AvgIpc) is 2.29. The van der Waals surface area contributed by atoms with Crippen LogP contribution in [0.2, 0.25) is 0 Å². The van der Waals surface area contributed by atoms with Gasteiger partial charge in [0, 0.05) is 32.2 Å². The van der Waals surface area contributed by atoms with Crippen molar-refractivity contribution in [2.45, 2.75) is 52.0 Å². The maximum absolute atomic E-state index is 3.53. The summed E-state index contributed by atoms with van der Waals surface area (Å²) in [7, 11) is 0. The van der Waals surface area contributed by atoms with E-state index in [2.05, 4.69) is 24.1 Å². The van der Waals surface area contributed by atoms with Gasteiger partial charge in [0.05, 0.1) is 0 Å². The number of rotatable bonds is 3. The van der Waals surface area contributed by atoms with Crippen LogP contribution in [0.25, 0.3) is 0 Å². The normalized spacial score (nSPS) is 37.5. The summed E-state index contributed by atoms with van der Waals surface area (Å²) in [5.41, 5.74) is 0. The molecule has 3 unspecified atom stereocenters. The monoisotopic (exact) mass is 224 g/mol. The molecule has 0 aromatic carbocycles. The van der Waals surface area contributed by atoms with Crippen molar-refractivity contribution in [2.24, 2.45) is 11.8 Å². The van der Waals surface area contributed by atoms with E-state index in [1.54, 1.807) is 0 Å². The Kier molecular flexibility index (Phi) is 4.66. The number of nitrogens with one attached hydrogen (secondary N) is 1. The molecule has 1 saturated heterocycles. The molecule has 0 aromatic heterocycles. The van der Waals surface area contributed by atoms with E-state index in [0.29, 0.717) is 6.04 Å². The third-order valence-electron chi connectivity index (χ3n) is 4.44. The predicted molar refractivity (Wildman–Crippen MR) is 69.6 cm³/mol. The van der Waals surface area contributed by atoms with Crippen LogP contribution >= 0.6 is 0 Å². The molecule has 1 saturated carbocycles. The van der Waals surface area contributed by atoms with Gasteiger partial charge in [-0.15, -0.1) is 0 Å². The third-order valence-corrected chi connectivity index (χ3v) is 4.44. The lowest BCUT2D eigenvalue weighted by atomic mass is 9.80. The van der Waals surface area contributed by atoms with Gasteiger partial charge >= 0.3 is 0 Å². The van der Waals surface area contributed by atoms with Gasteiger partial charge in [0.1, 0.15) is 0 Å². The first-order valence-electron chi connectivity index (χ1n) is 7.23. The summed E-state index contributed by atoms with van der Waals surface area (Å²) in [5.74, 6) is 2.02. The minimum atomic E-state index is 0.694. The zero-order chi connectivity index (χ0) is 11.4. The molecule has 0 bridgehead atoms. The molecule has 1 N–H and O–H groups in total. The van der Waals surface area contributed by atoms with Gasteiger partial charge in [-0.1, -0.05) is 26.2 Å². The van der Waals surface area contributed by atoms with E-state index in [1.807, 2.05) is 0 Å². The molecule has 1 aliphatic carbocycles. The molecule has 94 valence electrons. The van der Waals surface area contributed by atoms with Gasteiger partial charge in [-0.25, -0.2) is 0 Å². The fourth-order valence-electron chi connectivity index (χ4n) is 3.48. The Balaban J connectivity index is 1.75. The molecular weight excluding hydrogens is 196 g/mol. The Morgan fingerprint density at radius 1 is 1.25 bits per heavy atom. The van der Waals surface area contributed by atoms with Crippen LogP contribution in [0.4, 0.5) is 0 Å². The van der Waals surface area contributed by atoms with E-state index >= 15 is 0 Å². The zero-order valence-electron chi connectivity index (χ0n) is 11.0. The van der Waals surface area contributed by atoms with Crippen molar-refractivity contribution in [3.05, 3.63) is 0 Å². The first-order chi connectivity index (χ1) is 7.78. The maximum Gasteiger partial charge on any atom is 0.0167 e. The molecule has 0 radical (unpaired) electrons. The zero-order valence-corrected chi connectivity index (χ0v) is 11.0. The van der Waals surface area contributed by atoms with Gasteiger partial charge in [0.2, 0.25) is 0 Å². The van der Waals surface area contributed by atoms with Crippen molar-refractivity contribution in [2.75, 3.05) is 26.2 Å². The number of piperazine rings is 1. The molecule has 2 nitrogen and oxygen atoms in total. The molecule has 2 heteroatoms. The van der Waals surface area contributed by atoms with Gasteiger partial charge in [0.15, 0.2) is 0 Å². The summed E-state index contributed by atoms with van der Waals surface area (Å²) in [5, 5.41) is 3.53. The minimum Gasteiger partial charge on any atom is -0.312 e. The molecule has 2 fully saturated rings. The van der Waals surface area contributed by atoms with Crippen molar-refractivity contribution in [3.8, 4) is 0 Å². The predicted octanol–water partition coefficient (Wildman–Crippen LogP) is 2.50. The van der Waals surface area contributed by atoms with Crippen LogP contribution in [-0.4, -0.2) is 37.1 Å². The lowest BCUT2D eigenvalue weighted by Crippen LogP contribution is -2.50. The second-order valence-electron chi connectivity index (χ2n) is 5.92. The molecule has 3 atom stereocenters. The lowest BCUT2D eigenvalue weighted by Gasteiger charge is -2.37. The molecular formula is C14H28N2. The highest BCUT2D eigenvalue weighted by atomic mass is 15.2. The van der Waals surface area contributed by atoms with E-state index in [1.165, 1.54) is 58.3 Å². The Labute approximate surface area is 101 Å². The number of hydrogen-bond donors (Lipinski definition) is 1. The first-order valence-corrected chi connectivity index (χ1v) is 7.23. The van der Waals surface area contributed by atoms with Gasteiger partial charge in [-0.3, -0.25) is 0 Å². The van der Waals surface area contributed by atoms with Crippen molar-refractivity contribution < 1.29 is 0 Å². The molecule has 0 spiro atoms. The van der Waals surface area contributed by atoms with E-state index in [-0.39, 0.29) is 0 Å². The fourth-order valence-corrected chi connectivity index (χ4v) is 3.48. The summed E-state index contributed by atoms with van der Waals surface area (Å²) in [6.45, 7) is 9.74. The SMILES string of the molecule is CCC1CCCC(CN2CCNC(C)C2)C1. The van der Waals surface area contributed by atoms with Crippen LogP contribution in [0.15, 0.2) is 0 Å². The van der Waals surface area contributed by atoms with E-state index < -0.39 is 0 Å². The highest BCUT2D eigenvalue weighted by Gasteiger charge is 2.24. The highest BCUT2D eigenvalue weighted by Crippen LogP contribution is 2.31. The quantitative estimate of drug-likeness (QED) is 0.792. The highest BCUT2D eigenvalue weighted by molar-refractivity contribution is 4.80. The standard InChI is InChI=1S/C14H28N2/c1-3-13-5-4-6-14(9-13)11-16-8-7-15-12(2)10-16/h12-15H,3-11H2,1-2H3. The van der Waals surface area contributed by atoms with Crippen molar-refractivity contribution in [3.63, 3.8) is 0 Å². The van der Waals surface area contributed by atoms with Crippen LogP contribution in [-0.2, 0) is 0 Å². The molecule has 16 heavy (non-hydrogen) atoms. The van der Waals surface area contributed by atoms with E-state index in [9.17, 15) is 0 Å². The molecule has 2 rings (SSSR count). The topological polar surface area (TPSA) is 15.3 Å². The number of nitrogens with zero attached hydrogens (tertiary/aromatic N) is 1. The Morgan fingerprint density at radius 3 is 2.81 bits per heavy atom. The summed E-state index contributed by atoms with van der Waals surface area (Å²) in [6, 6.07) is 0.694. The number of hydrogen-bond acceptors (Lipinski definition) is 2. The van der Waals surface area contributed by atoms with E-state index in [4.69, 9.17) is 0 Å². The van der Waals surface area contributed by atoms with Crippen LogP contribution in [0, 0.1) is 11.8 Å².